The van der Waals surface area contributed by atoms with Gasteiger partial charge in [-0.3, -0.25) is 4.90 Å². The smallest absolute Gasteiger partial charge is 0.151 e. The third-order valence-electron chi connectivity index (χ3n) is 5.27. The van der Waals surface area contributed by atoms with E-state index in [9.17, 15) is 0 Å². The summed E-state index contributed by atoms with van der Waals surface area (Å²) in [5.74, 6) is 2.41. The van der Waals surface area contributed by atoms with E-state index < -0.39 is 0 Å². The second-order valence-corrected chi connectivity index (χ2v) is 6.90. The van der Waals surface area contributed by atoms with Gasteiger partial charge in [-0.15, -0.1) is 0 Å². The van der Waals surface area contributed by atoms with Gasteiger partial charge in [0.05, 0.1) is 6.54 Å². The summed E-state index contributed by atoms with van der Waals surface area (Å²) >= 11 is 0. The highest BCUT2D eigenvalue weighted by Gasteiger charge is 2.40. The van der Waals surface area contributed by atoms with E-state index in [1.165, 1.54) is 18.4 Å². The third-order valence-corrected chi connectivity index (χ3v) is 5.27. The first-order chi connectivity index (χ1) is 10.7. The highest BCUT2D eigenvalue weighted by Crippen LogP contribution is 2.37. The quantitative estimate of drug-likeness (QED) is 0.946. The fourth-order valence-corrected chi connectivity index (χ4v) is 4.00. The van der Waals surface area contributed by atoms with E-state index in [0.29, 0.717) is 12.0 Å². The topological polar surface area (TPSA) is 55.3 Å². The van der Waals surface area contributed by atoms with Crippen molar-refractivity contribution in [1.29, 1.82) is 0 Å². The van der Waals surface area contributed by atoms with Crippen LogP contribution in [0.5, 0.6) is 0 Å². The van der Waals surface area contributed by atoms with Gasteiger partial charge in [-0.1, -0.05) is 35.0 Å². The van der Waals surface area contributed by atoms with Crippen molar-refractivity contribution in [2.24, 2.45) is 17.6 Å². The van der Waals surface area contributed by atoms with E-state index in [0.717, 1.165) is 42.6 Å². The van der Waals surface area contributed by atoms with Gasteiger partial charge in [0.1, 0.15) is 5.69 Å². The summed E-state index contributed by atoms with van der Waals surface area (Å²) in [6.45, 7) is 5.19. The van der Waals surface area contributed by atoms with Crippen LogP contribution < -0.4 is 5.73 Å². The molecule has 4 rings (SSSR count). The fourth-order valence-electron chi connectivity index (χ4n) is 4.00. The molecule has 3 atom stereocenters. The molecule has 4 heteroatoms. The van der Waals surface area contributed by atoms with Crippen LogP contribution >= 0.6 is 0 Å². The molecule has 0 amide bonds. The van der Waals surface area contributed by atoms with Crippen molar-refractivity contribution in [1.82, 2.24) is 10.1 Å². The molecule has 116 valence electrons. The molecule has 4 nitrogen and oxygen atoms in total. The predicted molar refractivity (Wildman–Crippen MR) is 86.1 cm³/mol. The average Bonchev–Trinajstić information content (AvgIpc) is 3.19. The van der Waals surface area contributed by atoms with Crippen LogP contribution in [0.3, 0.4) is 0 Å². The number of nitrogens with zero attached hydrogens (tertiary/aromatic N) is 2. The van der Waals surface area contributed by atoms with Crippen LogP contribution in [-0.4, -0.2) is 29.2 Å². The second-order valence-electron chi connectivity index (χ2n) is 6.90. The van der Waals surface area contributed by atoms with Gasteiger partial charge in [-0.05, 0) is 31.6 Å². The minimum Gasteiger partial charge on any atom is -0.359 e. The van der Waals surface area contributed by atoms with E-state index in [1.54, 1.807) is 0 Å². The summed E-state index contributed by atoms with van der Waals surface area (Å²) < 4.78 is 5.54. The number of aromatic nitrogens is 1. The molecule has 0 radical (unpaired) electrons. The average molecular weight is 297 g/mol. The number of nitrogens with two attached hydrogens (primary N) is 1. The number of fused-ring (bicyclic) bond motifs is 1. The first-order valence-electron chi connectivity index (χ1n) is 8.19. The summed E-state index contributed by atoms with van der Waals surface area (Å²) in [5.41, 5.74) is 9.50. The summed E-state index contributed by atoms with van der Waals surface area (Å²) in [6, 6.07) is 10.9. The number of aryl methyl sites for hydroxylation is 1. The Labute approximate surface area is 131 Å². The van der Waals surface area contributed by atoms with E-state index >= 15 is 0 Å². The molecule has 2 fully saturated rings. The Hall–Kier alpha value is -1.65. The number of likely N-dealkylation sites (tertiary alicyclic amines) is 1. The summed E-state index contributed by atoms with van der Waals surface area (Å²) in [5, 5.41) is 4.22. The van der Waals surface area contributed by atoms with Crippen molar-refractivity contribution in [2.75, 3.05) is 13.1 Å². The predicted octanol–water partition coefficient (Wildman–Crippen LogP) is 2.82. The Balaban J connectivity index is 1.43. The zero-order valence-corrected chi connectivity index (χ0v) is 13.0. The highest BCUT2D eigenvalue weighted by atomic mass is 16.5. The largest absolute Gasteiger partial charge is 0.359 e. The number of hydrogen-bond donors (Lipinski definition) is 1. The molecule has 3 unspecified atom stereocenters. The Morgan fingerprint density at radius 1 is 1.23 bits per heavy atom. The Morgan fingerprint density at radius 3 is 2.82 bits per heavy atom. The summed E-state index contributed by atoms with van der Waals surface area (Å²) in [7, 11) is 0. The van der Waals surface area contributed by atoms with Crippen LogP contribution in [0.2, 0.25) is 0 Å². The highest BCUT2D eigenvalue weighted by molar-refractivity contribution is 5.59. The van der Waals surface area contributed by atoms with Crippen molar-refractivity contribution in [2.45, 2.75) is 32.4 Å². The molecule has 0 bridgehead atoms. The molecule has 2 aromatic rings. The Kier molecular flexibility index (Phi) is 3.51. The van der Waals surface area contributed by atoms with Crippen molar-refractivity contribution >= 4 is 0 Å². The van der Waals surface area contributed by atoms with Crippen molar-refractivity contribution < 1.29 is 4.52 Å². The van der Waals surface area contributed by atoms with Gasteiger partial charge in [0.15, 0.2) is 5.76 Å². The third kappa shape index (κ3) is 2.57. The van der Waals surface area contributed by atoms with Crippen molar-refractivity contribution in [3.8, 4) is 11.3 Å². The molecule has 1 saturated heterocycles. The van der Waals surface area contributed by atoms with Crippen LogP contribution in [0.25, 0.3) is 11.3 Å². The van der Waals surface area contributed by atoms with Crippen LogP contribution in [0.4, 0.5) is 0 Å². The minimum absolute atomic E-state index is 0.396. The molecule has 1 aromatic carbocycles. The van der Waals surface area contributed by atoms with E-state index in [-0.39, 0.29) is 0 Å². The lowest BCUT2D eigenvalue weighted by molar-refractivity contribution is 0.255. The lowest BCUT2D eigenvalue weighted by Gasteiger charge is -2.16. The lowest BCUT2D eigenvalue weighted by Crippen LogP contribution is -2.30. The number of rotatable bonds is 3. The second kappa shape index (κ2) is 5.52. The van der Waals surface area contributed by atoms with Gasteiger partial charge >= 0.3 is 0 Å². The Bertz CT molecular complexity index is 649. The minimum atomic E-state index is 0.396. The van der Waals surface area contributed by atoms with Crippen LogP contribution in [0, 0.1) is 18.8 Å². The molecule has 2 aliphatic rings. The standard InChI is InChI=1S/C18H23N3O/c1-12-2-4-13(5-3-12)18-8-15(22-20-18)10-21-9-14-6-7-17(19)16(14)11-21/h2-5,8,14,16-17H,6-7,9-11,19H2,1H3. The molecule has 1 aromatic heterocycles. The maximum atomic E-state index is 6.21. The number of benzene rings is 1. The maximum Gasteiger partial charge on any atom is 0.151 e. The van der Waals surface area contributed by atoms with Gasteiger partial charge in [-0.2, -0.15) is 0 Å². The van der Waals surface area contributed by atoms with Crippen molar-refractivity contribution in [3.63, 3.8) is 0 Å². The van der Waals surface area contributed by atoms with Crippen molar-refractivity contribution in [3.05, 3.63) is 41.7 Å². The molecule has 22 heavy (non-hydrogen) atoms. The van der Waals surface area contributed by atoms with E-state index in [2.05, 4.69) is 47.3 Å². The van der Waals surface area contributed by atoms with Gasteiger partial charge in [0, 0.05) is 30.8 Å². The summed E-state index contributed by atoms with van der Waals surface area (Å²) in [6.07, 6.45) is 2.48. The first-order valence-corrected chi connectivity index (χ1v) is 8.19. The summed E-state index contributed by atoms with van der Waals surface area (Å²) in [4.78, 5) is 2.47. The molecule has 2 heterocycles. The van der Waals surface area contributed by atoms with Crippen LogP contribution in [0.15, 0.2) is 34.9 Å². The molecular formula is C18H23N3O. The van der Waals surface area contributed by atoms with E-state index in [1.807, 2.05) is 0 Å². The van der Waals surface area contributed by atoms with E-state index in [4.69, 9.17) is 10.3 Å². The lowest BCUT2D eigenvalue weighted by atomic mass is 9.98. The van der Waals surface area contributed by atoms with Gasteiger partial charge in [0.2, 0.25) is 0 Å². The first kappa shape index (κ1) is 14.0. The zero-order valence-electron chi connectivity index (χ0n) is 13.0. The number of hydrogen-bond acceptors (Lipinski definition) is 4. The Morgan fingerprint density at radius 2 is 2.05 bits per heavy atom. The van der Waals surface area contributed by atoms with Crippen LogP contribution in [-0.2, 0) is 6.54 Å². The molecule has 1 aliphatic carbocycles. The maximum absolute atomic E-state index is 6.21. The van der Waals surface area contributed by atoms with Gasteiger partial charge in [-0.25, -0.2) is 0 Å². The molecule has 2 N–H and O–H groups in total. The molecule has 1 saturated carbocycles. The van der Waals surface area contributed by atoms with Gasteiger partial charge < -0.3 is 10.3 Å². The molecule has 0 spiro atoms. The molecular weight excluding hydrogens is 274 g/mol. The molecule has 1 aliphatic heterocycles. The van der Waals surface area contributed by atoms with Crippen LogP contribution in [0.1, 0.15) is 24.2 Å². The monoisotopic (exact) mass is 297 g/mol. The zero-order chi connectivity index (χ0) is 15.1. The van der Waals surface area contributed by atoms with Gasteiger partial charge in [0.25, 0.3) is 0 Å². The SMILES string of the molecule is Cc1ccc(-c2cc(CN3CC4CCC(N)C4C3)on2)cc1. The normalized spacial score (nSPS) is 28.2. The fraction of sp³-hybridized carbons (Fsp3) is 0.500.